The maximum absolute atomic E-state index is 12.4. The summed E-state index contributed by atoms with van der Waals surface area (Å²) in [6.45, 7) is 1.53. The summed E-state index contributed by atoms with van der Waals surface area (Å²) in [6, 6.07) is 9.02. The molecule has 0 spiro atoms. The van der Waals surface area contributed by atoms with Gasteiger partial charge in [0.15, 0.2) is 0 Å². The molecule has 2 aromatic carbocycles. The Morgan fingerprint density at radius 2 is 1.86 bits per heavy atom. The van der Waals surface area contributed by atoms with E-state index in [9.17, 15) is 18.0 Å². The lowest BCUT2D eigenvalue weighted by Crippen LogP contribution is -2.33. The summed E-state index contributed by atoms with van der Waals surface area (Å²) in [7, 11) is -0.997. The average Bonchev–Trinajstić information content (AvgIpc) is 2.66. The summed E-state index contributed by atoms with van der Waals surface area (Å²) < 4.78 is 31.1. The summed E-state index contributed by atoms with van der Waals surface area (Å²) >= 11 is 5.99. The van der Waals surface area contributed by atoms with Gasteiger partial charge in [0.05, 0.1) is 34.8 Å². The number of hydrogen-bond donors (Lipinski definition) is 3. The van der Waals surface area contributed by atoms with E-state index in [-0.39, 0.29) is 22.0 Å². The highest BCUT2D eigenvalue weighted by atomic mass is 35.5. The van der Waals surface area contributed by atoms with Gasteiger partial charge in [0.25, 0.3) is 5.91 Å². The molecule has 0 atom stereocenters. The molecule has 0 aliphatic rings. The SMILES string of the molecule is CNS(=O)(=O)c1ccc(Cl)c(C(=O)NCC(=O)Nc2cc(C)ccc2OC)c1. The number of carbonyl (C=O) groups is 2. The molecule has 2 aromatic rings. The topological polar surface area (TPSA) is 114 Å². The average molecular weight is 426 g/mol. The molecule has 0 unspecified atom stereocenters. The van der Waals surface area contributed by atoms with Gasteiger partial charge in [0.2, 0.25) is 15.9 Å². The van der Waals surface area contributed by atoms with Gasteiger partial charge < -0.3 is 15.4 Å². The Hall–Kier alpha value is -2.62. The number of carbonyl (C=O) groups excluding carboxylic acids is 2. The lowest BCUT2D eigenvalue weighted by atomic mass is 10.2. The van der Waals surface area contributed by atoms with Crippen LogP contribution in [0, 0.1) is 6.92 Å². The van der Waals surface area contributed by atoms with Crippen molar-refractivity contribution in [2.75, 3.05) is 26.0 Å². The van der Waals surface area contributed by atoms with Crippen molar-refractivity contribution in [2.24, 2.45) is 0 Å². The normalized spacial score (nSPS) is 11.0. The summed E-state index contributed by atoms with van der Waals surface area (Å²) in [5.74, 6) is -0.671. The minimum Gasteiger partial charge on any atom is -0.495 e. The predicted molar refractivity (Wildman–Crippen MR) is 106 cm³/mol. The first-order valence-electron chi connectivity index (χ1n) is 8.13. The standard InChI is InChI=1S/C18H20ClN3O5S/c1-11-4-7-16(27-3)15(8-11)22-17(23)10-21-18(24)13-9-12(5-6-14(13)19)28(25,26)20-2/h4-9,20H,10H2,1-3H3,(H,21,24)(H,22,23). The Labute approximate surface area is 168 Å². The Bertz CT molecular complexity index is 1010. The van der Waals surface area contributed by atoms with Crippen molar-refractivity contribution in [3.05, 3.63) is 52.5 Å². The van der Waals surface area contributed by atoms with E-state index in [0.29, 0.717) is 11.4 Å². The van der Waals surface area contributed by atoms with Gasteiger partial charge in [0, 0.05) is 0 Å². The molecule has 150 valence electrons. The molecule has 28 heavy (non-hydrogen) atoms. The van der Waals surface area contributed by atoms with Gasteiger partial charge in [-0.3, -0.25) is 9.59 Å². The van der Waals surface area contributed by atoms with Crippen LogP contribution in [0.25, 0.3) is 0 Å². The van der Waals surface area contributed by atoms with E-state index in [0.717, 1.165) is 11.6 Å². The minimum absolute atomic E-state index is 0.0565. The maximum atomic E-state index is 12.4. The van der Waals surface area contributed by atoms with Gasteiger partial charge >= 0.3 is 0 Å². The van der Waals surface area contributed by atoms with Crippen LogP contribution in [-0.4, -0.2) is 40.9 Å². The lowest BCUT2D eigenvalue weighted by molar-refractivity contribution is -0.115. The van der Waals surface area contributed by atoms with Crippen LogP contribution in [0.4, 0.5) is 5.69 Å². The lowest BCUT2D eigenvalue weighted by Gasteiger charge is -2.12. The third-order valence-electron chi connectivity index (χ3n) is 3.80. The van der Waals surface area contributed by atoms with Crippen molar-refractivity contribution in [3.63, 3.8) is 0 Å². The van der Waals surface area contributed by atoms with E-state index in [1.54, 1.807) is 12.1 Å². The zero-order valence-corrected chi connectivity index (χ0v) is 17.1. The van der Waals surface area contributed by atoms with E-state index in [4.69, 9.17) is 16.3 Å². The molecule has 0 radical (unpaired) electrons. The van der Waals surface area contributed by atoms with Crippen molar-refractivity contribution in [1.82, 2.24) is 10.0 Å². The van der Waals surface area contributed by atoms with Gasteiger partial charge in [-0.05, 0) is 49.9 Å². The van der Waals surface area contributed by atoms with Gasteiger partial charge in [-0.2, -0.15) is 0 Å². The van der Waals surface area contributed by atoms with E-state index in [1.807, 2.05) is 13.0 Å². The van der Waals surface area contributed by atoms with Crippen molar-refractivity contribution in [3.8, 4) is 5.75 Å². The number of rotatable bonds is 7. The quantitative estimate of drug-likeness (QED) is 0.627. The number of sulfonamides is 1. The van der Waals surface area contributed by atoms with Crippen LogP contribution in [0.1, 0.15) is 15.9 Å². The van der Waals surface area contributed by atoms with Crippen molar-refractivity contribution < 1.29 is 22.7 Å². The van der Waals surface area contributed by atoms with E-state index < -0.39 is 21.8 Å². The van der Waals surface area contributed by atoms with Crippen LogP contribution in [0.15, 0.2) is 41.3 Å². The summed E-state index contributed by atoms with van der Waals surface area (Å²) in [5.41, 5.74) is 1.34. The number of aryl methyl sites for hydroxylation is 1. The van der Waals surface area contributed by atoms with Crippen LogP contribution in [0.3, 0.4) is 0 Å². The second kappa shape index (κ2) is 9.05. The highest BCUT2D eigenvalue weighted by molar-refractivity contribution is 7.89. The number of ether oxygens (including phenoxy) is 1. The molecule has 0 saturated heterocycles. The van der Waals surface area contributed by atoms with Crippen LogP contribution in [-0.2, 0) is 14.8 Å². The first-order valence-corrected chi connectivity index (χ1v) is 10.00. The predicted octanol–water partition coefficient (Wildman–Crippen LogP) is 1.93. The largest absolute Gasteiger partial charge is 0.495 e. The summed E-state index contributed by atoms with van der Waals surface area (Å²) in [5, 5.41) is 5.13. The monoisotopic (exact) mass is 425 g/mol. The summed E-state index contributed by atoms with van der Waals surface area (Å²) in [4.78, 5) is 24.4. The number of anilines is 1. The summed E-state index contributed by atoms with van der Waals surface area (Å²) in [6.07, 6.45) is 0. The molecular weight excluding hydrogens is 406 g/mol. The van der Waals surface area contributed by atoms with Crippen molar-refractivity contribution in [2.45, 2.75) is 11.8 Å². The van der Waals surface area contributed by atoms with Gasteiger partial charge in [-0.25, -0.2) is 13.1 Å². The molecule has 0 fully saturated rings. The fraction of sp³-hybridized carbons (Fsp3) is 0.222. The molecule has 0 aromatic heterocycles. The Kier molecular flexibility index (Phi) is 7.00. The van der Waals surface area contributed by atoms with Crippen LogP contribution in [0.2, 0.25) is 5.02 Å². The van der Waals surface area contributed by atoms with E-state index >= 15 is 0 Å². The molecule has 0 bridgehead atoms. The fourth-order valence-corrected chi connectivity index (χ4v) is 3.29. The molecule has 0 aliphatic carbocycles. The van der Waals surface area contributed by atoms with Gasteiger partial charge in [0.1, 0.15) is 5.75 Å². The number of methoxy groups -OCH3 is 1. The second-order valence-electron chi connectivity index (χ2n) is 5.78. The molecule has 0 saturated carbocycles. The molecule has 0 heterocycles. The van der Waals surface area contributed by atoms with Gasteiger partial charge in [-0.15, -0.1) is 0 Å². The third-order valence-corrected chi connectivity index (χ3v) is 5.54. The van der Waals surface area contributed by atoms with Gasteiger partial charge in [-0.1, -0.05) is 17.7 Å². The highest BCUT2D eigenvalue weighted by Gasteiger charge is 2.18. The van der Waals surface area contributed by atoms with Crippen LogP contribution < -0.4 is 20.1 Å². The number of hydrogen-bond acceptors (Lipinski definition) is 5. The number of benzene rings is 2. The zero-order chi connectivity index (χ0) is 20.9. The smallest absolute Gasteiger partial charge is 0.253 e. The number of nitrogens with one attached hydrogen (secondary N) is 3. The molecule has 3 N–H and O–H groups in total. The van der Waals surface area contributed by atoms with E-state index in [1.165, 1.54) is 26.3 Å². The first kappa shape index (κ1) is 21.7. The number of halogens is 1. The Balaban J connectivity index is 2.09. The second-order valence-corrected chi connectivity index (χ2v) is 8.08. The molecule has 8 nitrogen and oxygen atoms in total. The van der Waals surface area contributed by atoms with Crippen LogP contribution in [0.5, 0.6) is 5.75 Å². The molecular formula is C18H20ClN3O5S. The number of amides is 2. The Morgan fingerprint density at radius 3 is 2.50 bits per heavy atom. The van der Waals surface area contributed by atoms with Crippen molar-refractivity contribution in [1.29, 1.82) is 0 Å². The highest BCUT2D eigenvalue weighted by Crippen LogP contribution is 2.25. The van der Waals surface area contributed by atoms with Crippen LogP contribution >= 0.6 is 11.6 Å². The molecule has 2 rings (SSSR count). The van der Waals surface area contributed by atoms with E-state index in [2.05, 4.69) is 15.4 Å². The minimum atomic E-state index is -3.74. The molecule has 2 amide bonds. The third kappa shape index (κ3) is 5.22. The Morgan fingerprint density at radius 1 is 1.14 bits per heavy atom. The maximum Gasteiger partial charge on any atom is 0.253 e. The first-order chi connectivity index (χ1) is 13.2. The van der Waals surface area contributed by atoms with Crippen molar-refractivity contribution >= 4 is 39.1 Å². The molecule has 0 aliphatic heterocycles. The zero-order valence-electron chi connectivity index (χ0n) is 15.5. The fourth-order valence-electron chi connectivity index (χ4n) is 2.33. The molecule has 10 heteroatoms.